The topological polar surface area (TPSA) is 20.2 Å². The van der Waals surface area contributed by atoms with Crippen molar-refractivity contribution in [1.82, 2.24) is 0 Å². The zero-order valence-corrected chi connectivity index (χ0v) is 17.3. The summed E-state index contributed by atoms with van der Waals surface area (Å²) < 4.78 is 0. The third kappa shape index (κ3) is 4.16. The van der Waals surface area contributed by atoms with Crippen LogP contribution in [0, 0.1) is 0 Å². The van der Waals surface area contributed by atoms with E-state index in [1.54, 1.807) is 0 Å². The number of hydrogen-bond donors (Lipinski definition) is 1. The van der Waals surface area contributed by atoms with E-state index in [0.717, 1.165) is 5.46 Å². The highest BCUT2D eigenvalue weighted by molar-refractivity contribution is 6.45. The van der Waals surface area contributed by atoms with E-state index in [1.165, 1.54) is 86.5 Å². The predicted octanol–water partition coefficient (Wildman–Crippen LogP) is 5.86. The van der Waals surface area contributed by atoms with Crippen molar-refractivity contribution in [3.63, 3.8) is 0 Å². The van der Waals surface area contributed by atoms with Gasteiger partial charge >= 0.3 is 7.48 Å². The molecule has 0 aromatic heterocycles. The van der Waals surface area contributed by atoms with Crippen LogP contribution in [0.3, 0.4) is 0 Å². The summed E-state index contributed by atoms with van der Waals surface area (Å²) in [5.74, 6) is 0. The van der Waals surface area contributed by atoms with Crippen molar-refractivity contribution in [2.75, 3.05) is 0 Å². The number of benzene rings is 2. The van der Waals surface area contributed by atoms with Crippen LogP contribution >= 0.6 is 0 Å². The molecular weight excluding hydrogens is 327 g/mol. The van der Waals surface area contributed by atoms with Crippen molar-refractivity contribution in [2.45, 2.75) is 83.5 Å². The summed E-state index contributed by atoms with van der Waals surface area (Å²) in [6, 6.07) is 15.7. The maximum Gasteiger partial charge on any atom is 0.304 e. The fraction of sp³-hybridized carbons (Fsp3) is 0.520. The molecule has 2 aromatic rings. The van der Waals surface area contributed by atoms with Crippen molar-refractivity contribution >= 4 is 12.9 Å². The van der Waals surface area contributed by atoms with E-state index < -0.39 is 0 Å². The standard InChI is InChI=1S/C25H35BO/c1-3-5-7-11-17-25(18-12-8-6-4-2)23-14-10-9-13-21(23)22-16-15-20(26-27)19-24(22)25/h9-10,13-16,19,26-27H,3-8,11-12,17-18H2,1-2H3. The molecule has 1 aliphatic rings. The van der Waals surface area contributed by atoms with Crippen LogP contribution in [0.2, 0.25) is 0 Å². The lowest BCUT2D eigenvalue weighted by atomic mass is 9.69. The summed E-state index contributed by atoms with van der Waals surface area (Å²) in [7, 11) is 0.130. The molecule has 0 spiro atoms. The highest BCUT2D eigenvalue weighted by Gasteiger charge is 2.41. The van der Waals surface area contributed by atoms with Crippen molar-refractivity contribution in [3.05, 3.63) is 53.6 Å². The molecule has 0 radical (unpaired) electrons. The van der Waals surface area contributed by atoms with E-state index in [1.807, 2.05) is 0 Å². The van der Waals surface area contributed by atoms with Gasteiger partial charge in [-0.25, -0.2) is 0 Å². The molecule has 0 bridgehead atoms. The second-order valence-electron chi connectivity index (χ2n) is 8.29. The van der Waals surface area contributed by atoms with Gasteiger partial charge in [-0.3, -0.25) is 0 Å². The fourth-order valence-corrected chi connectivity index (χ4v) is 4.97. The Morgan fingerprint density at radius 3 is 2.00 bits per heavy atom. The molecule has 0 heterocycles. The third-order valence-electron chi connectivity index (χ3n) is 6.43. The van der Waals surface area contributed by atoms with Crippen molar-refractivity contribution < 1.29 is 5.02 Å². The Balaban J connectivity index is 2.00. The number of rotatable bonds is 11. The Hall–Kier alpha value is -1.54. The normalized spacial score (nSPS) is 14.0. The van der Waals surface area contributed by atoms with Crippen LogP contribution in [0.1, 0.15) is 89.2 Å². The minimum atomic E-state index is 0.130. The molecule has 1 aliphatic carbocycles. The Labute approximate surface area is 166 Å². The van der Waals surface area contributed by atoms with E-state index in [-0.39, 0.29) is 12.9 Å². The Morgan fingerprint density at radius 1 is 0.741 bits per heavy atom. The first-order valence-corrected chi connectivity index (χ1v) is 11.1. The summed E-state index contributed by atoms with van der Waals surface area (Å²) in [5.41, 5.74) is 7.01. The van der Waals surface area contributed by atoms with Gasteiger partial charge in [0, 0.05) is 5.41 Å². The monoisotopic (exact) mass is 362 g/mol. The largest absolute Gasteiger partial charge is 0.449 e. The number of hydrogen-bond acceptors (Lipinski definition) is 1. The lowest BCUT2D eigenvalue weighted by molar-refractivity contribution is 0.401. The van der Waals surface area contributed by atoms with Crippen LogP contribution in [0.4, 0.5) is 0 Å². The van der Waals surface area contributed by atoms with Gasteiger partial charge in [-0.15, -0.1) is 0 Å². The zero-order chi connectivity index (χ0) is 19.1. The molecule has 0 atom stereocenters. The van der Waals surface area contributed by atoms with Crippen molar-refractivity contribution in [3.8, 4) is 11.1 Å². The van der Waals surface area contributed by atoms with Crippen LogP contribution in [0.25, 0.3) is 11.1 Å². The predicted molar refractivity (Wildman–Crippen MR) is 119 cm³/mol. The summed E-state index contributed by atoms with van der Waals surface area (Å²) in [6.45, 7) is 4.57. The van der Waals surface area contributed by atoms with Crippen LogP contribution < -0.4 is 5.46 Å². The maximum atomic E-state index is 9.75. The molecule has 0 aliphatic heterocycles. The second-order valence-corrected chi connectivity index (χ2v) is 8.29. The Kier molecular flexibility index (Phi) is 7.18. The molecule has 3 rings (SSSR count). The molecule has 0 amide bonds. The van der Waals surface area contributed by atoms with Gasteiger partial charge in [-0.2, -0.15) is 0 Å². The first-order valence-electron chi connectivity index (χ1n) is 11.1. The molecule has 0 saturated heterocycles. The van der Waals surface area contributed by atoms with Crippen LogP contribution in [0.5, 0.6) is 0 Å². The molecule has 27 heavy (non-hydrogen) atoms. The first kappa shape index (κ1) is 20.2. The SMILES string of the molecule is CCCCCCC1(CCCCCC)c2ccccc2-c2ccc(BO)cc21. The average molecular weight is 362 g/mol. The molecule has 2 aromatic carbocycles. The van der Waals surface area contributed by atoms with E-state index in [4.69, 9.17) is 0 Å². The summed E-state index contributed by atoms with van der Waals surface area (Å²) in [5, 5.41) is 9.75. The minimum absolute atomic E-state index is 0.130. The second kappa shape index (κ2) is 9.60. The smallest absolute Gasteiger partial charge is 0.304 e. The lowest BCUT2D eigenvalue weighted by Crippen LogP contribution is -2.27. The molecule has 0 fully saturated rings. The number of unbranched alkanes of at least 4 members (excludes halogenated alkanes) is 6. The summed E-state index contributed by atoms with van der Waals surface area (Å²) in [6.07, 6.45) is 12.9. The summed E-state index contributed by atoms with van der Waals surface area (Å²) in [4.78, 5) is 0. The van der Waals surface area contributed by atoms with Gasteiger partial charge in [0.25, 0.3) is 0 Å². The van der Waals surface area contributed by atoms with E-state index in [0.29, 0.717) is 0 Å². The van der Waals surface area contributed by atoms with E-state index in [9.17, 15) is 5.02 Å². The average Bonchev–Trinajstić information content (AvgIpc) is 2.98. The van der Waals surface area contributed by atoms with Crippen molar-refractivity contribution in [2.24, 2.45) is 0 Å². The highest BCUT2D eigenvalue weighted by Crippen LogP contribution is 2.53. The van der Waals surface area contributed by atoms with Gasteiger partial charge in [0.05, 0.1) is 0 Å². The van der Waals surface area contributed by atoms with E-state index in [2.05, 4.69) is 56.3 Å². The molecule has 0 saturated carbocycles. The van der Waals surface area contributed by atoms with Gasteiger partial charge in [0.2, 0.25) is 0 Å². The third-order valence-corrected chi connectivity index (χ3v) is 6.43. The molecule has 1 N–H and O–H groups in total. The van der Waals surface area contributed by atoms with Gasteiger partial charge in [-0.1, -0.05) is 113 Å². The van der Waals surface area contributed by atoms with Crippen LogP contribution in [0.15, 0.2) is 42.5 Å². The Morgan fingerprint density at radius 2 is 1.37 bits per heavy atom. The lowest BCUT2D eigenvalue weighted by Gasteiger charge is -2.33. The molecule has 2 heteroatoms. The zero-order valence-electron chi connectivity index (χ0n) is 17.3. The fourth-order valence-electron chi connectivity index (χ4n) is 4.97. The molecular formula is C25H35BO. The quantitative estimate of drug-likeness (QED) is 0.392. The maximum absolute atomic E-state index is 9.75. The van der Waals surface area contributed by atoms with Crippen LogP contribution in [-0.2, 0) is 5.41 Å². The first-order chi connectivity index (χ1) is 13.3. The highest BCUT2D eigenvalue weighted by atomic mass is 16.2. The van der Waals surface area contributed by atoms with Crippen LogP contribution in [-0.4, -0.2) is 12.5 Å². The molecule has 1 nitrogen and oxygen atoms in total. The van der Waals surface area contributed by atoms with E-state index >= 15 is 0 Å². The van der Waals surface area contributed by atoms with Gasteiger partial charge < -0.3 is 5.02 Å². The molecule has 0 unspecified atom stereocenters. The Bertz CT molecular complexity index is 725. The van der Waals surface area contributed by atoms with Gasteiger partial charge in [0.15, 0.2) is 0 Å². The number of fused-ring (bicyclic) bond motifs is 3. The van der Waals surface area contributed by atoms with Crippen molar-refractivity contribution in [1.29, 1.82) is 0 Å². The van der Waals surface area contributed by atoms with Gasteiger partial charge in [0.1, 0.15) is 0 Å². The van der Waals surface area contributed by atoms with Gasteiger partial charge in [-0.05, 0) is 35.1 Å². The minimum Gasteiger partial charge on any atom is -0.449 e. The summed E-state index contributed by atoms with van der Waals surface area (Å²) >= 11 is 0. The molecule has 144 valence electrons.